The highest BCUT2D eigenvalue weighted by atomic mass is 32.2. The Morgan fingerprint density at radius 3 is 2.06 bits per heavy atom. The molecule has 8 nitrogen and oxygen atoms in total. The number of hydrogen-bond acceptors (Lipinski definition) is 9. The number of pyridine rings is 1. The normalized spacial score (nSPS) is 16.0. The van der Waals surface area contributed by atoms with E-state index in [0.29, 0.717) is 54.9 Å². The molecule has 67 heavy (non-hydrogen) atoms. The van der Waals surface area contributed by atoms with Crippen molar-refractivity contribution < 1.29 is 28.2 Å². The van der Waals surface area contributed by atoms with Crippen molar-refractivity contribution in [2.45, 2.75) is 80.2 Å². The van der Waals surface area contributed by atoms with E-state index in [-0.39, 0.29) is 16.9 Å². The van der Waals surface area contributed by atoms with E-state index < -0.39 is 40.4 Å². The second kappa shape index (κ2) is 23.1. The summed E-state index contributed by atoms with van der Waals surface area (Å²) < 4.78 is 26.0. The molecule has 0 spiro atoms. The summed E-state index contributed by atoms with van der Waals surface area (Å²) in [4.78, 5) is 46.6. The molecule has 1 aliphatic heterocycles. The molecule has 1 aliphatic rings. The summed E-state index contributed by atoms with van der Waals surface area (Å²) in [5.41, 5.74) is 5.33. The predicted molar refractivity (Wildman–Crippen MR) is 270 cm³/mol. The number of halogens is 1. The van der Waals surface area contributed by atoms with Crippen LogP contribution in [0.25, 0.3) is 6.08 Å². The number of carbonyl (C=O) groups excluding carboxylic acids is 3. The SMILES string of the molecule is CSCC[C@H](NC(=O)c1cc(OC(C(=O)OC(C)(C)C)[C@@H]2C[C@H](SC(c3ccccc3)(c3ccccc3)c3ccccc3)CN2)ccc1CCc1ccc(F)cc1)C(=O)C=Cc1cccnc1. The third-order valence-electron chi connectivity index (χ3n) is 11.6. The van der Waals surface area contributed by atoms with E-state index >= 15 is 0 Å². The number of esters is 1. The summed E-state index contributed by atoms with van der Waals surface area (Å²) >= 11 is 3.44. The van der Waals surface area contributed by atoms with Gasteiger partial charge in [0.25, 0.3) is 5.91 Å². The predicted octanol–water partition coefficient (Wildman–Crippen LogP) is 10.7. The zero-order chi connectivity index (χ0) is 47.2. The van der Waals surface area contributed by atoms with Crippen molar-refractivity contribution in [3.63, 3.8) is 0 Å². The highest BCUT2D eigenvalue weighted by Crippen LogP contribution is 2.51. The van der Waals surface area contributed by atoms with E-state index in [1.165, 1.54) is 18.2 Å². The summed E-state index contributed by atoms with van der Waals surface area (Å²) in [7, 11) is 0. The number of benzene rings is 5. The molecule has 4 atom stereocenters. The number of rotatable bonds is 20. The molecule has 1 amide bonds. The maximum Gasteiger partial charge on any atom is 0.349 e. The van der Waals surface area contributed by atoms with Crippen LogP contribution in [0.3, 0.4) is 0 Å². The quantitative estimate of drug-likeness (QED) is 0.0440. The molecule has 2 N–H and O–H groups in total. The Hall–Kier alpha value is -6.01. The van der Waals surface area contributed by atoms with Crippen LogP contribution in [0.15, 0.2) is 164 Å². The summed E-state index contributed by atoms with van der Waals surface area (Å²) in [5, 5.41) is 6.71. The van der Waals surface area contributed by atoms with Gasteiger partial charge in [0.1, 0.15) is 17.2 Å². The van der Waals surface area contributed by atoms with Crippen molar-refractivity contribution in [3.05, 3.63) is 209 Å². The van der Waals surface area contributed by atoms with Crippen LogP contribution in [0.4, 0.5) is 4.39 Å². The first-order valence-electron chi connectivity index (χ1n) is 22.7. The number of aryl methyl sites for hydroxylation is 2. The van der Waals surface area contributed by atoms with Gasteiger partial charge < -0.3 is 20.1 Å². The van der Waals surface area contributed by atoms with Gasteiger partial charge >= 0.3 is 5.97 Å². The number of nitrogens with zero attached hydrogens (tertiary/aromatic N) is 1. The van der Waals surface area contributed by atoms with E-state index in [9.17, 15) is 18.8 Å². The van der Waals surface area contributed by atoms with Gasteiger partial charge in [-0.2, -0.15) is 11.8 Å². The fourth-order valence-electron chi connectivity index (χ4n) is 8.34. The topological polar surface area (TPSA) is 107 Å². The standard InChI is InChI=1S/C56H58FN3O5S2/c1-55(2,3)65-54(63)52(50-36-47(38-59-50)67-56(42-16-8-5-9-17-42,43-18-10-6-11-19-43)44-20-12-7-13-21-44)64-46-30-27-41(26-22-39-23-28-45(57)29-24-39)48(35-46)53(62)60-49(32-34-66-4)51(61)31-25-40-15-14-33-58-37-40/h5-21,23-25,27-31,33,35,37,47,49-50,52,59H,22,26,32,34,36,38H2,1-4H3,(H,60,62)/t47-,49-,50-,52?/m0/s1. The third kappa shape index (κ3) is 13.1. The molecule has 1 unspecified atom stereocenters. The molecule has 2 heterocycles. The average molecular weight is 936 g/mol. The monoisotopic (exact) mass is 935 g/mol. The smallest absolute Gasteiger partial charge is 0.349 e. The van der Waals surface area contributed by atoms with Crippen LogP contribution in [0.1, 0.15) is 77.4 Å². The number of ketones is 1. The van der Waals surface area contributed by atoms with Crippen LogP contribution < -0.4 is 15.4 Å². The van der Waals surface area contributed by atoms with Gasteiger partial charge in [0.2, 0.25) is 6.10 Å². The number of carbonyl (C=O) groups is 3. The Morgan fingerprint density at radius 2 is 1.48 bits per heavy atom. The van der Waals surface area contributed by atoms with E-state index in [1.54, 1.807) is 60.6 Å². The summed E-state index contributed by atoms with van der Waals surface area (Å²) in [6.07, 6.45) is 9.36. The number of ether oxygens (including phenoxy) is 2. The highest BCUT2D eigenvalue weighted by Gasteiger charge is 2.45. The average Bonchev–Trinajstić information content (AvgIpc) is 3.81. The zero-order valence-corrected chi connectivity index (χ0v) is 40.0. The molecule has 11 heteroatoms. The lowest BCUT2D eigenvalue weighted by molar-refractivity contribution is -0.164. The van der Waals surface area contributed by atoms with E-state index in [1.807, 2.05) is 69.1 Å². The minimum absolute atomic E-state index is 0.0392. The molecular weight excluding hydrogens is 878 g/mol. The van der Waals surface area contributed by atoms with E-state index in [0.717, 1.165) is 27.8 Å². The maximum absolute atomic E-state index is 14.5. The molecule has 0 aliphatic carbocycles. The van der Waals surface area contributed by atoms with Crippen molar-refractivity contribution in [2.24, 2.45) is 0 Å². The highest BCUT2D eigenvalue weighted by molar-refractivity contribution is 8.01. The summed E-state index contributed by atoms with van der Waals surface area (Å²) in [5.74, 6) is -0.588. The molecule has 0 saturated carbocycles. The Balaban J connectivity index is 1.19. The van der Waals surface area contributed by atoms with Crippen LogP contribution in [0.2, 0.25) is 0 Å². The van der Waals surface area contributed by atoms with Crippen molar-refractivity contribution in [2.75, 3.05) is 18.6 Å². The number of nitrogens with one attached hydrogen (secondary N) is 2. The number of amides is 1. The van der Waals surface area contributed by atoms with Crippen molar-refractivity contribution in [3.8, 4) is 5.75 Å². The first-order chi connectivity index (χ1) is 32.4. The second-order valence-corrected chi connectivity index (χ2v) is 20.1. The Kier molecular flexibility index (Phi) is 16.9. The summed E-state index contributed by atoms with van der Waals surface area (Å²) in [6, 6.07) is 45.6. The van der Waals surface area contributed by atoms with Crippen LogP contribution in [0, 0.1) is 5.82 Å². The van der Waals surface area contributed by atoms with Crippen molar-refractivity contribution in [1.29, 1.82) is 0 Å². The first kappa shape index (κ1) is 48.9. The van der Waals surface area contributed by atoms with Gasteiger partial charge in [-0.15, -0.1) is 11.8 Å². The molecule has 0 bridgehead atoms. The van der Waals surface area contributed by atoms with Gasteiger partial charge in [0, 0.05) is 29.8 Å². The Labute approximate surface area is 402 Å². The molecule has 0 radical (unpaired) electrons. The molecule has 5 aromatic carbocycles. The minimum atomic E-state index is -1.07. The molecular formula is C56H58FN3O5S2. The lowest BCUT2D eigenvalue weighted by Crippen LogP contribution is -2.47. The Bertz CT molecular complexity index is 2480. The lowest BCUT2D eigenvalue weighted by atomic mass is 9.84. The molecule has 346 valence electrons. The number of aromatic nitrogens is 1. The maximum atomic E-state index is 14.5. The Morgan fingerprint density at radius 1 is 0.836 bits per heavy atom. The zero-order valence-electron chi connectivity index (χ0n) is 38.4. The molecule has 6 aromatic rings. The number of hydrogen-bond donors (Lipinski definition) is 2. The van der Waals surface area contributed by atoms with E-state index in [2.05, 4.69) is 88.4 Å². The second-order valence-electron chi connectivity index (χ2n) is 17.6. The molecule has 1 aromatic heterocycles. The van der Waals surface area contributed by atoms with Crippen molar-refractivity contribution in [1.82, 2.24) is 15.6 Å². The minimum Gasteiger partial charge on any atom is -0.477 e. The fourth-order valence-corrected chi connectivity index (χ4v) is 10.6. The van der Waals surface area contributed by atoms with Crippen LogP contribution in [0.5, 0.6) is 5.75 Å². The van der Waals surface area contributed by atoms with Gasteiger partial charge in [0.05, 0.1) is 16.8 Å². The molecule has 7 rings (SSSR count). The van der Waals surface area contributed by atoms with Gasteiger partial charge in [-0.25, -0.2) is 9.18 Å². The van der Waals surface area contributed by atoms with Crippen LogP contribution >= 0.6 is 23.5 Å². The first-order valence-corrected chi connectivity index (χ1v) is 25.0. The third-order valence-corrected chi connectivity index (χ3v) is 14.0. The largest absolute Gasteiger partial charge is 0.477 e. The van der Waals surface area contributed by atoms with E-state index in [4.69, 9.17) is 9.47 Å². The van der Waals surface area contributed by atoms with Gasteiger partial charge in [0.15, 0.2) is 5.78 Å². The number of thioether (sulfide) groups is 2. The van der Waals surface area contributed by atoms with Crippen molar-refractivity contribution >= 4 is 47.3 Å². The lowest BCUT2D eigenvalue weighted by Gasteiger charge is -2.37. The van der Waals surface area contributed by atoms with Gasteiger partial charge in [-0.05, 0) is 134 Å². The fraction of sp³-hybridized carbons (Fsp3) is 0.286. The molecule has 1 saturated heterocycles. The van der Waals surface area contributed by atoms with Gasteiger partial charge in [-0.1, -0.05) is 115 Å². The molecule has 1 fully saturated rings. The van der Waals surface area contributed by atoms with Crippen LogP contribution in [-0.2, 0) is 31.9 Å². The van der Waals surface area contributed by atoms with Crippen LogP contribution in [-0.4, -0.2) is 70.2 Å². The summed E-state index contributed by atoms with van der Waals surface area (Å²) in [6.45, 7) is 6.09. The van der Waals surface area contributed by atoms with Gasteiger partial charge in [-0.3, -0.25) is 14.6 Å².